The number of rotatable bonds is 7. The zero-order valence-electron chi connectivity index (χ0n) is 15.0. The Morgan fingerprint density at radius 2 is 1.43 bits per heavy atom. The molecular formula is C20H36O3. The molecule has 0 amide bonds. The number of hydrogen-bond donors (Lipinski definition) is 0. The standard InChI is InChI=1S/C20H36O3/c1-21-19-9-7-18-14-20(10-8-17(18)13-19)23-12-11-22-15-16-5-3-2-4-6-16/h16-20H,2-15H2,1H3. The molecule has 3 rings (SSSR count). The summed E-state index contributed by atoms with van der Waals surface area (Å²) < 4.78 is 17.5. The smallest absolute Gasteiger partial charge is 0.0704 e. The van der Waals surface area contributed by atoms with Gasteiger partial charge in [0.2, 0.25) is 0 Å². The molecule has 3 saturated carbocycles. The molecular weight excluding hydrogens is 288 g/mol. The quantitative estimate of drug-likeness (QED) is 0.641. The minimum absolute atomic E-state index is 0.480. The molecule has 0 N–H and O–H groups in total. The first-order chi connectivity index (χ1) is 11.3. The largest absolute Gasteiger partial charge is 0.381 e. The second kappa shape index (κ2) is 9.39. The Balaban J connectivity index is 1.25. The van der Waals surface area contributed by atoms with E-state index in [-0.39, 0.29) is 0 Å². The molecule has 3 aliphatic rings. The molecule has 3 fully saturated rings. The number of hydrogen-bond acceptors (Lipinski definition) is 3. The predicted molar refractivity (Wildman–Crippen MR) is 92.6 cm³/mol. The van der Waals surface area contributed by atoms with E-state index in [1.807, 2.05) is 7.11 Å². The molecule has 3 aliphatic carbocycles. The summed E-state index contributed by atoms with van der Waals surface area (Å²) in [6.45, 7) is 2.53. The van der Waals surface area contributed by atoms with Crippen molar-refractivity contribution in [2.45, 2.75) is 82.8 Å². The van der Waals surface area contributed by atoms with Crippen molar-refractivity contribution in [3.8, 4) is 0 Å². The molecule has 0 aliphatic heterocycles. The van der Waals surface area contributed by atoms with E-state index < -0.39 is 0 Å². The molecule has 0 aromatic rings. The molecule has 0 spiro atoms. The van der Waals surface area contributed by atoms with Gasteiger partial charge >= 0.3 is 0 Å². The van der Waals surface area contributed by atoms with Crippen LogP contribution in [0.25, 0.3) is 0 Å². The third-order valence-corrected chi connectivity index (χ3v) is 6.51. The second-order valence-electron chi connectivity index (χ2n) is 8.08. The average molecular weight is 325 g/mol. The molecule has 134 valence electrons. The third-order valence-electron chi connectivity index (χ3n) is 6.51. The molecule has 0 bridgehead atoms. The highest BCUT2D eigenvalue weighted by atomic mass is 16.5. The fraction of sp³-hybridized carbons (Fsp3) is 1.00. The van der Waals surface area contributed by atoms with E-state index in [2.05, 4.69) is 0 Å². The van der Waals surface area contributed by atoms with Gasteiger partial charge in [0, 0.05) is 13.7 Å². The summed E-state index contributed by atoms with van der Waals surface area (Å²) in [4.78, 5) is 0. The molecule has 23 heavy (non-hydrogen) atoms. The van der Waals surface area contributed by atoms with E-state index in [9.17, 15) is 0 Å². The van der Waals surface area contributed by atoms with Crippen LogP contribution in [0.4, 0.5) is 0 Å². The summed E-state index contributed by atoms with van der Waals surface area (Å²) in [5.41, 5.74) is 0. The normalized spacial score (nSPS) is 35.9. The van der Waals surface area contributed by atoms with Gasteiger partial charge in [-0.3, -0.25) is 0 Å². The fourth-order valence-electron chi connectivity index (χ4n) is 5.05. The maximum Gasteiger partial charge on any atom is 0.0704 e. The topological polar surface area (TPSA) is 27.7 Å². The van der Waals surface area contributed by atoms with Crippen LogP contribution in [-0.4, -0.2) is 39.1 Å². The van der Waals surface area contributed by atoms with E-state index in [0.717, 1.165) is 37.6 Å². The maximum absolute atomic E-state index is 6.12. The van der Waals surface area contributed by atoms with Crippen molar-refractivity contribution in [1.82, 2.24) is 0 Å². The maximum atomic E-state index is 6.12. The van der Waals surface area contributed by atoms with Crippen molar-refractivity contribution in [3.63, 3.8) is 0 Å². The van der Waals surface area contributed by atoms with Crippen LogP contribution in [0.15, 0.2) is 0 Å². The molecule has 0 heterocycles. The van der Waals surface area contributed by atoms with Crippen molar-refractivity contribution >= 4 is 0 Å². The van der Waals surface area contributed by atoms with Crippen LogP contribution in [0.3, 0.4) is 0 Å². The van der Waals surface area contributed by atoms with Gasteiger partial charge < -0.3 is 14.2 Å². The van der Waals surface area contributed by atoms with Crippen LogP contribution >= 0.6 is 0 Å². The first-order valence-corrected chi connectivity index (χ1v) is 10.1. The first kappa shape index (κ1) is 17.7. The molecule has 3 nitrogen and oxygen atoms in total. The number of fused-ring (bicyclic) bond motifs is 1. The Morgan fingerprint density at radius 1 is 0.739 bits per heavy atom. The zero-order chi connectivity index (χ0) is 15.9. The Bertz CT molecular complexity index is 327. The lowest BCUT2D eigenvalue weighted by Crippen LogP contribution is -2.36. The summed E-state index contributed by atoms with van der Waals surface area (Å²) in [5.74, 6) is 2.58. The van der Waals surface area contributed by atoms with Crippen LogP contribution in [0.2, 0.25) is 0 Å². The summed E-state index contributed by atoms with van der Waals surface area (Å²) in [6, 6.07) is 0. The van der Waals surface area contributed by atoms with Crippen LogP contribution in [0.1, 0.15) is 70.6 Å². The first-order valence-electron chi connectivity index (χ1n) is 10.1. The van der Waals surface area contributed by atoms with Crippen molar-refractivity contribution in [1.29, 1.82) is 0 Å². The number of methoxy groups -OCH3 is 1. The van der Waals surface area contributed by atoms with E-state index in [0.29, 0.717) is 12.2 Å². The molecule has 0 radical (unpaired) electrons. The Labute approximate surface area is 142 Å². The van der Waals surface area contributed by atoms with E-state index >= 15 is 0 Å². The molecule has 4 unspecified atom stereocenters. The zero-order valence-corrected chi connectivity index (χ0v) is 15.0. The minimum atomic E-state index is 0.480. The highest BCUT2D eigenvalue weighted by molar-refractivity contribution is 4.86. The lowest BCUT2D eigenvalue weighted by Gasteiger charge is -2.41. The van der Waals surface area contributed by atoms with E-state index in [1.165, 1.54) is 70.6 Å². The third kappa shape index (κ3) is 5.44. The number of ether oxygens (including phenoxy) is 3. The van der Waals surface area contributed by atoms with Gasteiger partial charge in [0.05, 0.1) is 25.4 Å². The van der Waals surface area contributed by atoms with Gasteiger partial charge in [0.15, 0.2) is 0 Å². The van der Waals surface area contributed by atoms with Crippen LogP contribution < -0.4 is 0 Å². The van der Waals surface area contributed by atoms with Crippen LogP contribution in [-0.2, 0) is 14.2 Å². The molecule has 3 heteroatoms. The highest BCUT2D eigenvalue weighted by Gasteiger charge is 2.35. The van der Waals surface area contributed by atoms with Gasteiger partial charge in [0.1, 0.15) is 0 Å². The SMILES string of the molecule is COC1CCC2CC(OCCOCC3CCCCC3)CCC2C1. The Kier molecular flexibility index (Phi) is 7.22. The monoisotopic (exact) mass is 324 g/mol. The second-order valence-corrected chi connectivity index (χ2v) is 8.08. The molecule has 0 aromatic carbocycles. The van der Waals surface area contributed by atoms with Crippen LogP contribution in [0, 0.1) is 17.8 Å². The van der Waals surface area contributed by atoms with Gasteiger partial charge in [-0.05, 0) is 69.1 Å². The fourth-order valence-corrected chi connectivity index (χ4v) is 5.05. The van der Waals surface area contributed by atoms with E-state index in [4.69, 9.17) is 14.2 Å². The van der Waals surface area contributed by atoms with Crippen LogP contribution in [0.5, 0.6) is 0 Å². The Morgan fingerprint density at radius 3 is 2.17 bits per heavy atom. The summed E-state index contributed by atoms with van der Waals surface area (Å²) in [5, 5.41) is 0. The van der Waals surface area contributed by atoms with Crippen molar-refractivity contribution < 1.29 is 14.2 Å². The van der Waals surface area contributed by atoms with Crippen molar-refractivity contribution in [2.75, 3.05) is 26.9 Å². The van der Waals surface area contributed by atoms with Crippen molar-refractivity contribution in [2.24, 2.45) is 17.8 Å². The predicted octanol–water partition coefficient (Wildman–Crippen LogP) is 4.58. The van der Waals surface area contributed by atoms with Gasteiger partial charge in [0.25, 0.3) is 0 Å². The Hall–Kier alpha value is -0.120. The van der Waals surface area contributed by atoms with Crippen molar-refractivity contribution in [3.05, 3.63) is 0 Å². The molecule has 0 saturated heterocycles. The van der Waals surface area contributed by atoms with Gasteiger partial charge in [-0.2, -0.15) is 0 Å². The summed E-state index contributed by atoms with van der Waals surface area (Å²) in [7, 11) is 1.87. The van der Waals surface area contributed by atoms with E-state index in [1.54, 1.807) is 0 Å². The highest BCUT2D eigenvalue weighted by Crippen LogP contribution is 2.42. The van der Waals surface area contributed by atoms with Gasteiger partial charge in [-0.1, -0.05) is 19.3 Å². The lowest BCUT2D eigenvalue weighted by atomic mass is 9.69. The lowest BCUT2D eigenvalue weighted by molar-refractivity contribution is -0.0564. The summed E-state index contributed by atoms with van der Waals surface area (Å²) >= 11 is 0. The molecule has 4 atom stereocenters. The van der Waals surface area contributed by atoms with Gasteiger partial charge in [-0.15, -0.1) is 0 Å². The summed E-state index contributed by atoms with van der Waals surface area (Å²) in [6.07, 6.45) is 15.7. The molecule has 0 aromatic heterocycles. The minimum Gasteiger partial charge on any atom is -0.381 e. The van der Waals surface area contributed by atoms with Gasteiger partial charge in [-0.25, -0.2) is 0 Å². The average Bonchev–Trinajstić information content (AvgIpc) is 2.62.